The van der Waals surface area contributed by atoms with Crippen LogP contribution >= 0.6 is 0 Å². The van der Waals surface area contributed by atoms with Crippen LogP contribution in [0.1, 0.15) is 79.0 Å². The topological polar surface area (TPSA) is 102 Å². The Morgan fingerprint density at radius 3 is 2.71 bits per heavy atom. The van der Waals surface area contributed by atoms with E-state index in [9.17, 15) is 4.79 Å². The number of nitrogens with zero attached hydrogens (tertiary/aromatic N) is 6. The number of aryl methyl sites for hydroxylation is 2. The number of fused-ring (bicyclic) bond motifs is 1. The van der Waals surface area contributed by atoms with Gasteiger partial charge in [0.2, 0.25) is 0 Å². The zero-order valence-corrected chi connectivity index (χ0v) is 22.6. The van der Waals surface area contributed by atoms with Gasteiger partial charge in [-0.1, -0.05) is 13.3 Å². The number of anilines is 1. The number of carbonyl (C=O) groups is 1. The summed E-state index contributed by atoms with van der Waals surface area (Å²) in [6, 6.07) is 4.46. The minimum atomic E-state index is -0.241. The Hall–Kier alpha value is -3.59. The molecule has 0 unspecified atom stereocenters. The van der Waals surface area contributed by atoms with E-state index in [1.54, 1.807) is 12.5 Å². The molecule has 0 aliphatic heterocycles. The van der Waals surface area contributed by atoms with E-state index in [-0.39, 0.29) is 11.3 Å². The van der Waals surface area contributed by atoms with Crippen molar-refractivity contribution in [1.82, 2.24) is 34.4 Å². The van der Waals surface area contributed by atoms with Crippen molar-refractivity contribution in [3.63, 3.8) is 0 Å². The molecule has 1 atom stereocenters. The third-order valence-corrected chi connectivity index (χ3v) is 8.66. The number of amides is 1. The van der Waals surface area contributed by atoms with Crippen LogP contribution in [0.15, 0.2) is 43.2 Å². The fourth-order valence-electron chi connectivity index (χ4n) is 6.27. The predicted molar refractivity (Wildman–Crippen MR) is 146 cm³/mol. The molecule has 4 aromatic rings. The Bertz CT molecular complexity index is 1480. The highest BCUT2D eigenvalue weighted by molar-refractivity contribution is 6.08. The van der Waals surface area contributed by atoms with E-state index in [1.807, 2.05) is 47.5 Å². The number of rotatable bonds is 8. The first-order valence-electron chi connectivity index (χ1n) is 13.7. The minimum Gasteiger partial charge on any atom is -0.320 e. The van der Waals surface area contributed by atoms with Crippen molar-refractivity contribution in [2.45, 2.75) is 70.9 Å². The van der Waals surface area contributed by atoms with Gasteiger partial charge in [0, 0.05) is 43.9 Å². The lowest BCUT2D eigenvalue weighted by Gasteiger charge is -2.45. The number of hydrogen-bond acceptors (Lipinski definition) is 6. The van der Waals surface area contributed by atoms with Gasteiger partial charge in [0.1, 0.15) is 17.8 Å². The summed E-state index contributed by atoms with van der Waals surface area (Å²) in [6.45, 7) is 7.23. The second-order valence-electron chi connectivity index (χ2n) is 11.5. The van der Waals surface area contributed by atoms with Crippen LogP contribution in [0.25, 0.3) is 5.65 Å². The van der Waals surface area contributed by atoms with Crippen LogP contribution in [-0.2, 0) is 19.0 Å². The van der Waals surface area contributed by atoms with Crippen molar-refractivity contribution in [1.29, 1.82) is 0 Å². The largest absolute Gasteiger partial charge is 0.320 e. The first-order valence-corrected chi connectivity index (χ1v) is 13.7. The maximum Gasteiger partial charge on any atom is 0.259 e. The fourth-order valence-corrected chi connectivity index (χ4v) is 6.27. The molecule has 1 amide bonds. The molecule has 0 spiro atoms. The van der Waals surface area contributed by atoms with Crippen LogP contribution in [0.4, 0.5) is 5.69 Å². The monoisotopic (exact) mass is 512 g/mol. The fraction of sp³-hybridized carbons (Fsp3) is 0.483. The van der Waals surface area contributed by atoms with Crippen molar-refractivity contribution in [2.75, 3.05) is 5.32 Å². The van der Waals surface area contributed by atoms with Crippen molar-refractivity contribution < 1.29 is 4.79 Å². The van der Waals surface area contributed by atoms with Crippen LogP contribution < -0.4 is 10.6 Å². The molecule has 2 N–H and O–H groups in total. The summed E-state index contributed by atoms with van der Waals surface area (Å²) in [5.74, 6) is 2.08. The number of pyridine rings is 2. The van der Waals surface area contributed by atoms with E-state index in [4.69, 9.17) is 0 Å². The maximum atomic E-state index is 13.6. The van der Waals surface area contributed by atoms with Crippen molar-refractivity contribution in [3.8, 4) is 0 Å². The van der Waals surface area contributed by atoms with E-state index < -0.39 is 0 Å². The van der Waals surface area contributed by atoms with Crippen LogP contribution in [0.5, 0.6) is 0 Å². The van der Waals surface area contributed by atoms with Crippen molar-refractivity contribution >= 4 is 17.2 Å². The van der Waals surface area contributed by atoms with Gasteiger partial charge in [0.05, 0.1) is 22.9 Å². The van der Waals surface area contributed by atoms with E-state index in [2.05, 4.69) is 50.8 Å². The summed E-state index contributed by atoms with van der Waals surface area (Å²) in [4.78, 5) is 22.7. The average Bonchev–Trinajstić information content (AvgIpc) is 3.44. The minimum absolute atomic E-state index is 0.192. The third-order valence-electron chi connectivity index (χ3n) is 8.66. The molecule has 9 nitrogen and oxygen atoms in total. The van der Waals surface area contributed by atoms with Gasteiger partial charge < -0.3 is 19.6 Å². The maximum absolute atomic E-state index is 13.6. The van der Waals surface area contributed by atoms with Gasteiger partial charge in [-0.2, -0.15) is 0 Å². The highest BCUT2D eigenvalue weighted by atomic mass is 16.1. The molecule has 0 aromatic carbocycles. The van der Waals surface area contributed by atoms with Crippen LogP contribution in [-0.4, -0.2) is 41.1 Å². The van der Waals surface area contributed by atoms with E-state index in [0.29, 0.717) is 35.4 Å². The van der Waals surface area contributed by atoms with Gasteiger partial charge >= 0.3 is 0 Å². The zero-order valence-electron chi connectivity index (χ0n) is 22.6. The van der Waals surface area contributed by atoms with Crippen LogP contribution in [0, 0.1) is 18.8 Å². The molecule has 2 saturated carbocycles. The summed E-state index contributed by atoms with van der Waals surface area (Å²) in [5, 5.41) is 15.3. The molecular formula is C29H36N8O. The number of aromatic nitrogens is 6. The summed E-state index contributed by atoms with van der Waals surface area (Å²) in [6.07, 6.45) is 15.1. The van der Waals surface area contributed by atoms with Gasteiger partial charge in [0.25, 0.3) is 5.91 Å². The molecule has 6 rings (SSSR count). The van der Waals surface area contributed by atoms with Gasteiger partial charge in [-0.15, -0.1) is 10.2 Å². The second-order valence-corrected chi connectivity index (χ2v) is 11.5. The van der Waals surface area contributed by atoms with Gasteiger partial charge in [-0.3, -0.25) is 9.78 Å². The first-order chi connectivity index (χ1) is 18.3. The van der Waals surface area contributed by atoms with Gasteiger partial charge in [0.15, 0.2) is 0 Å². The highest BCUT2D eigenvalue weighted by Crippen LogP contribution is 2.51. The molecule has 0 bridgehead atoms. The Balaban J connectivity index is 1.27. The van der Waals surface area contributed by atoms with Gasteiger partial charge in [-0.25, -0.2) is 4.98 Å². The average molecular weight is 513 g/mol. The summed E-state index contributed by atoms with van der Waals surface area (Å²) in [7, 11) is 1.98. The second kappa shape index (κ2) is 9.62. The molecule has 2 aliphatic rings. The number of imidazole rings is 1. The molecule has 0 radical (unpaired) electrons. The van der Waals surface area contributed by atoms with E-state index in [1.165, 1.54) is 19.3 Å². The van der Waals surface area contributed by atoms with Crippen LogP contribution in [0.2, 0.25) is 0 Å². The normalized spacial score (nSPS) is 22.2. The Morgan fingerprint density at radius 1 is 1.21 bits per heavy atom. The van der Waals surface area contributed by atoms with Crippen LogP contribution in [0.3, 0.4) is 0 Å². The molecule has 2 fully saturated rings. The SMILES string of the molecule is Cc1cnc2c(C(=O)Nc3cncc(C4(c5nncn5C)CC(C)C4)c3)cc(CN[C@@H](C)C3CCC3)cn12. The lowest BCUT2D eigenvalue weighted by atomic mass is 9.59. The Labute approximate surface area is 223 Å². The zero-order chi connectivity index (χ0) is 26.4. The first kappa shape index (κ1) is 24.7. The standard InChI is InChI=1S/C29H36N8O/c1-18-10-29(11-18,28-35-33-17-36(28)4)23-9-24(15-30-14-23)34-27(38)25-8-21(13-31-20(3)22-6-5-7-22)16-37-19(2)12-32-26(25)37/h8-9,12,14-18,20,22,31H,5-7,10-11,13H2,1-4H3,(H,34,38)/t18?,20-,29?/m0/s1. The summed E-state index contributed by atoms with van der Waals surface area (Å²) in [5.41, 5.74) is 4.74. The molecule has 4 heterocycles. The number of carbonyl (C=O) groups excluding carboxylic acids is 1. The van der Waals surface area contributed by atoms with E-state index >= 15 is 0 Å². The third kappa shape index (κ3) is 4.28. The molecule has 9 heteroatoms. The molecular weight excluding hydrogens is 476 g/mol. The smallest absolute Gasteiger partial charge is 0.259 e. The van der Waals surface area contributed by atoms with Crippen molar-refractivity contribution in [2.24, 2.45) is 18.9 Å². The summed E-state index contributed by atoms with van der Waals surface area (Å²) >= 11 is 0. The quantitative estimate of drug-likeness (QED) is 0.363. The Kier molecular flexibility index (Phi) is 6.26. The molecule has 0 saturated heterocycles. The lowest BCUT2D eigenvalue weighted by Crippen LogP contribution is -2.43. The molecule has 2 aliphatic carbocycles. The molecule has 198 valence electrons. The number of nitrogens with one attached hydrogen (secondary N) is 2. The molecule has 38 heavy (non-hydrogen) atoms. The van der Waals surface area contributed by atoms with Crippen molar-refractivity contribution in [3.05, 3.63) is 71.5 Å². The van der Waals surface area contributed by atoms with Gasteiger partial charge in [-0.05, 0) is 74.6 Å². The molecule has 4 aromatic heterocycles. The highest BCUT2D eigenvalue weighted by Gasteiger charge is 2.48. The predicted octanol–water partition coefficient (Wildman–Crippen LogP) is 4.41. The lowest BCUT2D eigenvalue weighted by molar-refractivity contribution is 0.102. The Morgan fingerprint density at radius 2 is 2.03 bits per heavy atom. The van der Waals surface area contributed by atoms with E-state index in [0.717, 1.165) is 41.4 Å². The number of hydrogen-bond donors (Lipinski definition) is 2. The summed E-state index contributed by atoms with van der Waals surface area (Å²) < 4.78 is 3.99.